The Morgan fingerprint density at radius 1 is 1.19 bits per heavy atom. The van der Waals surface area contributed by atoms with E-state index in [4.69, 9.17) is 10.5 Å². The van der Waals surface area contributed by atoms with Crippen LogP contribution in [-0.4, -0.2) is 31.0 Å². The number of hydrogen-bond acceptors (Lipinski definition) is 8. The zero-order valence-corrected chi connectivity index (χ0v) is 18.5. The number of nitrogens with two attached hydrogens (primary N) is 1. The summed E-state index contributed by atoms with van der Waals surface area (Å²) in [6.07, 6.45) is 1.84. The number of ether oxygens (including phenoxy) is 1. The number of amides is 1. The molecule has 0 saturated carbocycles. The maximum atomic E-state index is 14.0. The van der Waals surface area contributed by atoms with E-state index in [1.165, 1.54) is 14.0 Å². The number of rotatable bonds is 10. The molecule has 2 rings (SSSR count). The molecule has 0 bridgehead atoms. The number of carbonyl (C=O) groups is 1. The highest BCUT2D eigenvalue weighted by Gasteiger charge is 2.19. The van der Waals surface area contributed by atoms with E-state index in [2.05, 4.69) is 34.3 Å². The van der Waals surface area contributed by atoms with Crippen LogP contribution in [0.1, 0.15) is 33.6 Å². The zero-order valence-electron chi connectivity index (χ0n) is 18.5. The SMILES string of the molecule is CCCN(CCC)c1cc(NC(C)=O)c(/N=N/c2cc(F)c([N+](=O)[O-])cc2N)cc1OC. The maximum Gasteiger partial charge on any atom is 0.307 e. The Kier molecular flexibility index (Phi) is 8.45. The van der Waals surface area contributed by atoms with Gasteiger partial charge in [-0.25, -0.2) is 0 Å². The lowest BCUT2D eigenvalue weighted by Gasteiger charge is -2.26. The van der Waals surface area contributed by atoms with Crippen LogP contribution in [-0.2, 0) is 4.79 Å². The van der Waals surface area contributed by atoms with Crippen molar-refractivity contribution in [1.82, 2.24) is 0 Å². The first-order valence-electron chi connectivity index (χ1n) is 10.1. The second-order valence-electron chi connectivity index (χ2n) is 7.03. The maximum absolute atomic E-state index is 14.0. The van der Waals surface area contributed by atoms with Gasteiger partial charge in [-0.15, -0.1) is 10.2 Å². The Morgan fingerprint density at radius 2 is 1.81 bits per heavy atom. The molecule has 0 unspecified atom stereocenters. The van der Waals surface area contributed by atoms with E-state index >= 15 is 0 Å². The molecular formula is C21H27FN6O4. The molecule has 11 heteroatoms. The van der Waals surface area contributed by atoms with Crippen molar-refractivity contribution >= 4 is 40.0 Å². The molecule has 0 aliphatic carbocycles. The van der Waals surface area contributed by atoms with Gasteiger partial charge in [0.05, 0.1) is 29.1 Å². The minimum Gasteiger partial charge on any atom is -0.494 e. The van der Waals surface area contributed by atoms with Crippen LogP contribution in [0.3, 0.4) is 0 Å². The third-order valence-electron chi connectivity index (χ3n) is 4.49. The zero-order chi connectivity index (χ0) is 23.8. The largest absolute Gasteiger partial charge is 0.494 e. The van der Waals surface area contributed by atoms with Gasteiger partial charge < -0.3 is 20.7 Å². The summed E-state index contributed by atoms with van der Waals surface area (Å²) in [5.41, 5.74) is 6.26. The molecule has 0 aliphatic rings. The first-order valence-corrected chi connectivity index (χ1v) is 10.1. The Bertz CT molecular complexity index is 1020. The molecule has 2 aromatic rings. The molecular weight excluding hydrogens is 419 g/mol. The lowest BCUT2D eigenvalue weighted by molar-refractivity contribution is -0.387. The Hall–Kier alpha value is -3.76. The van der Waals surface area contributed by atoms with Crippen molar-refractivity contribution in [3.05, 3.63) is 40.2 Å². The number of nitro groups is 1. The van der Waals surface area contributed by atoms with Gasteiger partial charge in [-0.05, 0) is 18.9 Å². The molecule has 10 nitrogen and oxygen atoms in total. The normalized spacial score (nSPS) is 10.9. The van der Waals surface area contributed by atoms with Gasteiger partial charge in [0, 0.05) is 38.2 Å². The predicted molar refractivity (Wildman–Crippen MR) is 122 cm³/mol. The van der Waals surface area contributed by atoms with Crippen LogP contribution in [0.25, 0.3) is 0 Å². The number of azo groups is 1. The van der Waals surface area contributed by atoms with Crippen LogP contribution in [0.5, 0.6) is 5.75 Å². The third-order valence-corrected chi connectivity index (χ3v) is 4.49. The van der Waals surface area contributed by atoms with E-state index in [9.17, 15) is 19.3 Å². The van der Waals surface area contributed by atoms with Crippen molar-refractivity contribution < 1.29 is 18.8 Å². The minimum absolute atomic E-state index is 0.0801. The number of carbonyl (C=O) groups excluding carboxylic acids is 1. The van der Waals surface area contributed by atoms with Gasteiger partial charge in [-0.2, -0.15) is 4.39 Å². The second kappa shape index (κ2) is 11.0. The number of halogens is 1. The molecule has 2 aromatic carbocycles. The summed E-state index contributed by atoms with van der Waals surface area (Å²) in [5, 5.41) is 21.6. The molecule has 3 N–H and O–H groups in total. The molecule has 0 aliphatic heterocycles. The van der Waals surface area contributed by atoms with Crippen molar-refractivity contribution in [2.24, 2.45) is 10.2 Å². The fourth-order valence-corrected chi connectivity index (χ4v) is 3.14. The molecule has 0 spiro atoms. The van der Waals surface area contributed by atoms with Crippen molar-refractivity contribution in [2.45, 2.75) is 33.6 Å². The summed E-state index contributed by atoms with van der Waals surface area (Å²) >= 11 is 0. The lowest BCUT2D eigenvalue weighted by atomic mass is 10.2. The fourth-order valence-electron chi connectivity index (χ4n) is 3.14. The summed E-state index contributed by atoms with van der Waals surface area (Å²) < 4.78 is 19.5. The van der Waals surface area contributed by atoms with Gasteiger partial charge in [0.15, 0.2) is 0 Å². The van der Waals surface area contributed by atoms with E-state index in [0.29, 0.717) is 11.4 Å². The summed E-state index contributed by atoms with van der Waals surface area (Å²) in [6.45, 7) is 7.09. The quantitative estimate of drug-likeness (QED) is 0.219. The summed E-state index contributed by atoms with van der Waals surface area (Å²) in [4.78, 5) is 23.9. The van der Waals surface area contributed by atoms with Gasteiger partial charge in [0.2, 0.25) is 11.7 Å². The fraction of sp³-hybridized carbons (Fsp3) is 0.381. The number of benzene rings is 2. The summed E-state index contributed by atoms with van der Waals surface area (Å²) in [5.74, 6) is -0.864. The Labute approximate surface area is 185 Å². The van der Waals surface area contributed by atoms with E-state index in [1.54, 1.807) is 12.1 Å². The van der Waals surface area contributed by atoms with Gasteiger partial charge in [0.25, 0.3) is 0 Å². The third kappa shape index (κ3) is 5.90. The van der Waals surface area contributed by atoms with Gasteiger partial charge in [-0.3, -0.25) is 14.9 Å². The number of methoxy groups -OCH3 is 1. The topological polar surface area (TPSA) is 135 Å². The first-order chi connectivity index (χ1) is 15.2. The van der Waals surface area contributed by atoms with Crippen LogP contribution < -0.4 is 20.7 Å². The van der Waals surface area contributed by atoms with Crippen LogP contribution in [0, 0.1) is 15.9 Å². The predicted octanol–water partition coefficient (Wildman–Crippen LogP) is 5.32. The number of nitrogens with one attached hydrogen (secondary N) is 1. The van der Waals surface area contributed by atoms with Crippen molar-refractivity contribution in [1.29, 1.82) is 0 Å². The average Bonchev–Trinajstić information content (AvgIpc) is 2.73. The van der Waals surface area contributed by atoms with Gasteiger partial charge >= 0.3 is 5.69 Å². The molecule has 0 saturated heterocycles. The number of nitrogens with zero attached hydrogens (tertiary/aromatic N) is 4. The van der Waals surface area contributed by atoms with E-state index in [0.717, 1.165) is 43.8 Å². The summed E-state index contributed by atoms with van der Waals surface area (Å²) in [7, 11) is 1.53. The molecule has 0 fully saturated rings. The highest BCUT2D eigenvalue weighted by Crippen LogP contribution is 2.40. The molecule has 172 valence electrons. The molecule has 0 atom stereocenters. The summed E-state index contributed by atoms with van der Waals surface area (Å²) in [6, 6.07) is 5.08. The number of anilines is 3. The second-order valence-corrected chi connectivity index (χ2v) is 7.03. The Balaban J connectivity index is 2.56. The van der Waals surface area contributed by atoms with E-state index in [1.807, 2.05) is 0 Å². The van der Waals surface area contributed by atoms with Gasteiger partial charge in [0.1, 0.15) is 17.1 Å². The highest BCUT2D eigenvalue weighted by molar-refractivity contribution is 5.93. The van der Waals surface area contributed by atoms with E-state index in [-0.39, 0.29) is 23.0 Å². The van der Waals surface area contributed by atoms with Gasteiger partial charge in [-0.1, -0.05) is 13.8 Å². The molecule has 0 aromatic heterocycles. The minimum atomic E-state index is -1.08. The monoisotopic (exact) mass is 446 g/mol. The molecule has 0 radical (unpaired) electrons. The average molecular weight is 446 g/mol. The van der Waals surface area contributed by atoms with Crippen LogP contribution in [0.15, 0.2) is 34.5 Å². The van der Waals surface area contributed by atoms with Crippen molar-refractivity contribution in [2.75, 3.05) is 36.1 Å². The van der Waals surface area contributed by atoms with Crippen LogP contribution >= 0.6 is 0 Å². The standard InChI is InChI=1S/C21H27FN6O4/c1-5-7-27(8-6-2)20-11-17(24-13(3)29)18(12-21(20)32-4)26-25-16-9-14(22)19(28(30)31)10-15(16)23/h9-12H,5-8,23H2,1-4H3,(H,24,29)/b26-25+. The molecule has 32 heavy (non-hydrogen) atoms. The number of nitrogen functional groups attached to an aromatic ring is 1. The van der Waals surface area contributed by atoms with Crippen LogP contribution in [0.4, 0.5) is 38.5 Å². The smallest absolute Gasteiger partial charge is 0.307 e. The molecule has 1 amide bonds. The first kappa shape index (κ1) is 24.5. The number of nitro benzene ring substituents is 1. The Morgan fingerprint density at radius 3 is 2.34 bits per heavy atom. The highest BCUT2D eigenvalue weighted by atomic mass is 19.1. The van der Waals surface area contributed by atoms with Crippen molar-refractivity contribution in [3.8, 4) is 5.75 Å². The van der Waals surface area contributed by atoms with Crippen LogP contribution in [0.2, 0.25) is 0 Å². The van der Waals surface area contributed by atoms with E-state index < -0.39 is 16.4 Å². The number of hydrogen-bond donors (Lipinski definition) is 2. The molecule has 0 heterocycles. The lowest BCUT2D eigenvalue weighted by Crippen LogP contribution is -2.25. The van der Waals surface area contributed by atoms with Crippen molar-refractivity contribution in [3.63, 3.8) is 0 Å².